The van der Waals surface area contributed by atoms with Crippen LogP contribution in [0.1, 0.15) is 43.9 Å². The van der Waals surface area contributed by atoms with Gasteiger partial charge in [0.25, 0.3) is 0 Å². The molecule has 1 N–H and O–H groups in total. The normalized spacial score (nSPS) is 18.4. The number of sulfonamides is 1. The number of carbonyl (C=O) groups excluding carboxylic acids is 1. The highest BCUT2D eigenvalue weighted by molar-refractivity contribution is 7.89. The molecule has 1 aliphatic heterocycles. The first-order chi connectivity index (χ1) is 13.4. The van der Waals surface area contributed by atoms with Gasteiger partial charge in [0.15, 0.2) is 0 Å². The second kappa shape index (κ2) is 8.45. The van der Waals surface area contributed by atoms with E-state index in [0.717, 1.165) is 11.1 Å². The van der Waals surface area contributed by atoms with Crippen LogP contribution >= 0.6 is 0 Å². The third-order valence-electron chi connectivity index (χ3n) is 5.74. The van der Waals surface area contributed by atoms with Crippen LogP contribution in [0, 0.1) is 0 Å². The number of amides is 1. The molecule has 5 nitrogen and oxygen atoms in total. The zero-order chi connectivity index (χ0) is 20.2. The van der Waals surface area contributed by atoms with E-state index in [9.17, 15) is 13.2 Å². The van der Waals surface area contributed by atoms with Gasteiger partial charge >= 0.3 is 0 Å². The molecule has 0 saturated carbocycles. The smallest absolute Gasteiger partial charge is 0.231 e. The largest absolute Gasteiger partial charge is 0.349 e. The lowest BCUT2D eigenvalue weighted by Gasteiger charge is -2.41. The molecule has 1 fully saturated rings. The number of carbonyl (C=O) groups is 1. The van der Waals surface area contributed by atoms with Crippen LogP contribution < -0.4 is 5.32 Å². The lowest BCUT2D eigenvalue weighted by molar-refractivity contribution is -0.129. The number of nitrogens with one attached hydrogen (secondary N) is 1. The maximum atomic E-state index is 13.5. The molecular formula is C22H28N2O3S. The minimum atomic E-state index is -3.24. The highest BCUT2D eigenvalue weighted by Gasteiger charge is 2.44. The molecule has 28 heavy (non-hydrogen) atoms. The van der Waals surface area contributed by atoms with E-state index in [4.69, 9.17) is 0 Å². The molecule has 3 rings (SSSR count). The molecule has 0 bridgehead atoms. The minimum Gasteiger partial charge on any atom is -0.349 e. The summed E-state index contributed by atoms with van der Waals surface area (Å²) in [6.45, 7) is 4.35. The molecule has 0 radical (unpaired) electrons. The van der Waals surface area contributed by atoms with Crippen LogP contribution in [-0.2, 0) is 20.2 Å². The Morgan fingerprint density at radius 1 is 1.04 bits per heavy atom. The predicted octanol–water partition coefficient (Wildman–Crippen LogP) is 3.25. The summed E-state index contributed by atoms with van der Waals surface area (Å²) in [7, 11) is -3.24. The van der Waals surface area contributed by atoms with Crippen molar-refractivity contribution in [2.24, 2.45) is 0 Å². The highest BCUT2D eigenvalue weighted by Crippen LogP contribution is 2.37. The number of nitrogens with zero attached hydrogens (tertiary/aromatic N) is 1. The van der Waals surface area contributed by atoms with Gasteiger partial charge in [-0.1, -0.05) is 60.7 Å². The first-order valence-electron chi connectivity index (χ1n) is 9.78. The summed E-state index contributed by atoms with van der Waals surface area (Å²) in [4.78, 5) is 13.5. The van der Waals surface area contributed by atoms with E-state index >= 15 is 0 Å². The lowest BCUT2D eigenvalue weighted by atomic mass is 9.72. The second-order valence-corrected chi connectivity index (χ2v) is 9.61. The fourth-order valence-corrected chi connectivity index (χ4v) is 5.00. The second-order valence-electron chi connectivity index (χ2n) is 7.35. The van der Waals surface area contributed by atoms with Crippen molar-refractivity contribution in [3.8, 4) is 0 Å². The van der Waals surface area contributed by atoms with Crippen molar-refractivity contribution >= 4 is 15.9 Å². The zero-order valence-electron chi connectivity index (χ0n) is 16.5. The summed E-state index contributed by atoms with van der Waals surface area (Å²) < 4.78 is 26.0. The van der Waals surface area contributed by atoms with Crippen molar-refractivity contribution in [1.82, 2.24) is 9.62 Å². The third kappa shape index (κ3) is 4.13. The molecule has 1 atom stereocenters. The van der Waals surface area contributed by atoms with Gasteiger partial charge in [-0.2, -0.15) is 0 Å². The number of hydrogen-bond donors (Lipinski definition) is 1. The van der Waals surface area contributed by atoms with Crippen molar-refractivity contribution in [1.29, 1.82) is 0 Å². The molecule has 2 aromatic carbocycles. The Balaban J connectivity index is 1.86. The van der Waals surface area contributed by atoms with E-state index in [1.165, 1.54) is 4.31 Å². The van der Waals surface area contributed by atoms with Crippen LogP contribution in [0.15, 0.2) is 60.7 Å². The minimum absolute atomic E-state index is 0.0383. The summed E-state index contributed by atoms with van der Waals surface area (Å²) >= 11 is 0. The summed E-state index contributed by atoms with van der Waals surface area (Å²) in [6, 6.07) is 19.5. The highest BCUT2D eigenvalue weighted by atomic mass is 32.2. The van der Waals surface area contributed by atoms with Crippen LogP contribution in [0.5, 0.6) is 0 Å². The van der Waals surface area contributed by atoms with Gasteiger partial charge in [-0.25, -0.2) is 12.7 Å². The van der Waals surface area contributed by atoms with Gasteiger partial charge in [-0.15, -0.1) is 0 Å². The Morgan fingerprint density at radius 3 is 2.11 bits per heavy atom. The number of piperidine rings is 1. The molecule has 0 spiro atoms. The van der Waals surface area contributed by atoms with Crippen LogP contribution in [0.25, 0.3) is 0 Å². The molecule has 0 aromatic heterocycles. The third-order valence-corrected chi connectivity index (χ3v) is 7.62. The fraction of sp³-hybridized carbons (Fsp3) is 0.409. The molecule has 1 aliphatic rings. The standard InChI is InChI=1S/C22H28N2O3S/c1-3-28(26,27)24-16-14-22(15-17-24,20-12-8-5-9-13-20)21(25)23-18(2)19-10-6-4-7-11-19/h4-13,18H,3,14-17H2,1-2H3,(H,23,25). The predicted molar refractivity (Wildman–Crippen MR) is 111 cm³/mol. The summed E-state index contributed by atoms with van der Waals surface area (Å²) in [5.74, 6) is 0.0476. The molecule has 2 aromatic rings. The van der Waals surface area contributed by atoms with E-state index in [0.29, 0.717) is 25.9 Å². The summed E-state index contributed by atoms with van der Waals surface area (Å²) in [5.41, 5.74) is 1.27. The van der Waals surface area contributed by atoms with Crippen LogP contribution in [0.4, 0.5) is 0 Å². The van der Waals surface area contributed by atoms with E-state index < -0.39 is 15.4 Å². The quantitative estimate of drug-likeness (QED) is 0.809. The van der Waals surface area contributed by atoms with Gasteiger partial charge in [0.05, 0.1) is 17.2 Å². The van der Waals surface area contributed by atoms with Crippen molar-refractivity contribution in [2.75, 3.05) is 18.8 Å². The number of rotatable bonds is 6. The topological polar surface area (TPSA) is 66.5 Å². The summed E-state index contributed by atoms with van der Waals surface area (Å²) in [6.07, 6.45) is 0.952. The van der Waals surface area contributed by atoms with E-state index in [2.05, 4.69) is 5.32 Å². The molecule has 1 amide bonds. The zero-order valence-corrected chi connectivity index (χ0v) is 17.3. The van der Waals surface area contributed by atoms with Crippen molar-refractivity contribution in [2.45, 2.75) is 38.1 Å². The molecule has 6 heteroatoms. The Bertz CT molecular complexity index is 890. The fourth-order valence-electron chi connectivity index (χ4n) is 3.89. The molecule has 1 saturated heterocycles. The van der Waals surface area contributed by atoms with E-state index in [-0.39, 0.29) is 17.7 Å². The van der Waals surface area contributed by atoms with Gasteiger partial charge in [-0.05, 0) is 37.8 Å². The SMILES string of the molecule is CCS(=O)(=O)N1CCC(C(=O)NC(C)c2ccccc2)(c2ccccc2)CC1. The maximum absolute atomic E-state index is 13.5. The molecule has 0 aliphatic carbocycles. The molecular weight excluding hydrogens is 372 g/mol. The Labute approximate surface area is 167 Å². The van der Waals surface area contributed by atoms with Gasteiger partial charge in [0.1, 0.15) is 0 Å². The first kappa shape index (κ1) is 20.6. The van der Waals surface area contributed by atoms with E-state index in [1.807, 2.05) is 67.6 Å². The van der Waals surface area contributed by atoms with E-state index in [1.54, 1.807) is 6.92 Å². The van der Waals surface area contributed by atoms with Crippen LogP contribution in [0.2, 0.25) is 0 Å². The average Bonchev–Trinajstić information content (AvgIpc) is 2.75. The average molecular weight is 401 g/mol. The van der Waals surface area contributed by atoms with Crippen LogP contribution in [-0.4, -0.2) is 37.5 Å². The van der Waals surface area contributed by atoms with Gasteiger partial charge < -0.3 is 5.32 Å². The van der Waals surface area contributed by atoms with Gasteiger partial charge in [0, 0.05) is 13.1 Å². The summed E-state index contributed by atoms with van der Waals surface area (Å²) in [5, 5.41) is 3.17. The Morgan fingerprint density at radius 2 is 1.57 bits per heavy atom. The number of hydrogen-bond acceptors (Lipinski definition) is 3. The number of benzene rings is 2. The molecule has 1 heterocycles. The molecule has 150 valence electrons. The van der Waals surface area contributed by atoms with Crippen molar-refractivity contribution in [3.05, 3.63) is 71.8 Å². The Hall–Kier alpha value is -2.18. The Kier molecular flexibility index (Phi) is 6.20. The van der Waals surface area contributed by atoms with Crippen molar-refractivity contribution < 1.29 is 13.2 Å². The molecule has 1 unspecified atom stereocenters. The maximum Gasteiger partial charge on any atom is 0.231 e. The first-order valence-corrected chi connectivity index (χ1v) is 11.4. The lowest BCUT2D eigenvalue weighted by Crippen LogP contribution is -2.53. The monoisotopic (exact) mass is 400 g/mol. The van der Waals surface area contributed by atoms with Crippen LogP contribution in [0.3, 0.4) is 0 Å². The van der Waals surface area contributed by atoms with Crippen molar-refractivity contribution in [3.63, 3.8) is 0 Å². The van der Waals surface area contributed by atoms with Gasteiger partial charge in [-0.3, -0.25) is 4.79 Å². The van der Waals surface area contributed by atoms with Gasteiger partial charge in [0.2, 0.25) is 15.9 Å².